The molecule has 8 heteroatoms. The minimum atomic E-state index is -4.53. The van der Waals surface area contributed by atoms with E-state index in [2.05, 4.69) is 4.84 Å². The van der Waals surface area contributed by atoms with E-state index in [9.17, 15) is 22.0 Å². The van der Waals surface area contributed by atoms with Gasteiger partial charge in [-0.15, -0.1) is 0 Å². The highest BCUT2D eigenvalue weighted by atomic mass is 19.4. The molecular weight excluding hydrogens is 259 g/mol. The lowest BCUT2D eigenvalue weighted by Gasteiger charge is -2.09. The van der Waals surface area contributed by atoms with E-state index in [1.54, 1.807) is 11.5 Å². The summed E-state index contributed by atoms with van der Waals surface area (Å²) in [7, 11) is 0. The zero-order valence-electron chi connectivity index (χ0n) is 8.81. The minimum absolute atomic E-state index is 0.218. The maximum atomic E-state index is 13.3. The van der Waals surface area contributed by atoms with E-state index in [1.807, 2.05) is 0 Å². The molecule has 0 heterocycles. The number of nitriles is 1. The molecule has 18 heavy (non-hydrogen) atoms. The van der Waals surface area contributed by atoms with Crippen LogP contribution >= 0.6 is 0 Å². The van der Waals surface area contributed by atoms with Crippen molar-refractivity contribution in [2.75, 3.05) is 6.61 Å². The lowest BCUT2D eigenvalue weighted by Crippen LogP contribution is -2.25. The van der Waals surface area contributed by atoms with Gasteiger partial charge in [-0.1, -0.05) is 0 Å². The van der Waals surface area contributed by atoms with Gasteiger partial charge in [0.1, 0.15) is 11.6 Å². The monoisotopic (exact) mass is 266 g/mol. The van der Waals surface area contributed by atoms with Crippen LogP contribution < -0.4 is 5.48 Å². The summed E-state index contributed by atoms with van der Waals surface area (Å²) in [5.74, 6) is -2.07. The number of nitrogens with one attached hydrogen (secondary N) is 1. The van der Waals surface area contributed by atoms with Crippen molar-refractivity contribution in [3.05, 3.63) is 34.9 Å². The van der Waals surface area contributed by atoms with Crippen LogP contribution in [0.15, 0.2) is 12.1 Å². The zero-order chi connectivity index (χ0) is 13.8. The maximum absolute atomic E-state index is 13.3. The summed E-state index contributed by atoms with van der Waals surface area (Å²) in [6, 6.07) is 3.11. The second-order valence-corrected chi connectivity index (χ2v) is 3.26. The van der Waals surface area contributed by atoms with E-state index < -0.39 is 36.5 Å². The smallest absolute Gasteiger partial charge is 0.292 e. The number of benzene rings is 1. The molecule has 1 N–H and O–H groups in total. The van der Waals surface area contributed by atoms with Crippen LogP contribution in [0.5, 0.6) is 0 Å². The average molecular weight is 266 g/mol. The Labute approximate surface area is 98.7 Å². The predicted molar refractivity (Wildman–Crippen MR) is 49.9 cm³/mol. The van der Waals surface area contributed by atoms with Crippen LogP contribution in [0.2, 0.25) is 0 Å². The standard InChI is InChI=1S/C10H7F5N2O/c11-8-1-6(3-16)2-9(12)7(8)4-17-18-5-10(13,14)15/h1-2,17H,4-5H2. The topological polar surface area (TPSA) is 45.0 Å². The number of hydrogen-bond acceptors (Lipinski definition) is 3. The molecule has 1 aromatic rings. The molecule has 0 bridgehead atoms. The van der Waals surface area contributed by atoms with Crippen molar-refractivity contribution in [2.24, 2.45) is 0 Å². The molecule has 0 aliphatic carbocycles. The number of hydrogen-bond donors (Lipinski definition) is 1. The molecule has 0 aliphatic heterocycles. The molecule has 0 saturated carbocycles. The van der Waals surface area contributed by atoms with Crippen molar-refractivity contribution in [1.29, 1.82) is 5.26 Å². The largest absolute Gasteiger partial charge is 0.413 e. The van der Waals surface area contributed by atoms with Crippen LogP contribution in [0.4, 0.5) is 22.0 Å². The molecule has 0 spiro atoms. The maximum Gasteiger partial charge on any atom is 0.413 e. The SMILES string of the molecule is N#Cc1cc(F)c(CNOCC(F)(F)F)c(F)c1. The highest BCUT2D eigenvalue weighted by molar-refractivity contribution is 5.34. The van der Waals surface area contributed by atoms with Gasteiger partial charge in [0.2, 0.25) is 0 Å². The summed E-state index contributed by atoms with van der Waals surface area (Å²) >= 11 is 0. The summed E-state index contributed by atoms with van der Waals surface area (Å²) in [4.78, 5) is 4.00. The quantitative estimate of drug-likeness (QED) is 0.517. The fraction of sp³-hybridized carbons (Fsp3) is 0.300. The van der Waals surface area contributed by atoms with Gasteiger partial charge < -0.3 is 0 Å². The van der Waals surface area contributed by atoms with E-state index in [1.165, 1.54) is 0 Å². The third-order valence-corrected chi connectivity index (χ3v) is 1.86. The van der Waals surface area contributed by atoms with Gasteiger partial charge in [-0.2, -0.15) is 23.9 Å². The minimum Gasteiger partial charge on any atom is -0.292 e. The molecule has 0 saturated heterocycles. The highest BCUT2D eigenvalue weighted by Crippen LogP contribution is 2.16. The Morgan fingerprint density at radius 3 is 2.22 bits per heavy atom. The molecule has 1 rings (SSSR count). The highest BCUT2D eigenvalue weighted by Gasteiger charge is 2.27. The molecule has 3 nitrogen and oxygen atoms in total. The van der Waals surface area contributed by atoms with Crippen molar-refractivity contribution in [3.63, 3.8) is 0 Å². The number of alkyl halides is 3. The van der Waals surface area contributed by atoms with Crippen molar-refractivity contribution < 1.29 is 26.8 Å². The van der Waals surface area contributed by atoms with E-state index in [0.717, 1.165) is 12.1 Å². The molecule has 1 aromatic carbocycles. The first-order chi connectivity index (χ1) is 8.33. The molecule has 0 aromatic heterocycles. The Kier molecular flexibility index (Phi) is 4.58. The first-order valence-corrected chi connectivity index (χ1v) is 4.63. The fourth-order valence-corrected chi connectivity index (χ4v) is 1.09. The molecule has 0 amide bonds. The van der Waals surface area contributed by atoms with Crippen molar-refractivity contribution in [2.45, 2.75) is 12.7 Å². The van der Waals surface area contributed by atoms with Crippen LogP contribution in [0.25, 0.3) is 0 Å². The Morgan fingerprint density at radius 1 is 1.22 bits per heavy atom. The predicted octanol–water partition coefficient (Wildman–Crippen LogP) is 2.42. The van der Waals surface area contributed by atoms with E-state index >= 15 is 0 Å². The third kappa shape index (κ3) is 4.27. The summed E-state index contributed by atoms with van der Waals surface area (Å²) in [6.45, 7) is -2.16. The average Bonchev–Trinajstić information content (AvgIpc) is 2.25. The van der Waals surface area contributed by atoms with E-state index in [4.69, 9.17) is 5.26 Å². The Morgan fingerprint density at radius 2 is 1.78 bits per heavy atom. The second kappa shape index (κ2) is 5.75. The molecule has 98 valence electrons. The zero-order valence-corrected chi connectivity index (χ0v) is 8.81. The summed E-state index contributed by atoms with van der Waals surface area (Å²) in [5, 5.41) is 8.43. The van der Waals surface area contributed by atoms with Crippen LogP contribution in [0.1, 0.15) is 11.1 Å². The van der Waals surface area contributed by atoms with Crippen molar-refractivity contribution in [1.82, 2.24) is 5.48 Å². The molecular formula is C10H7F5N2O. The van der Waals surface area contributed by atoms with Crippen LogP contribution in [0.3, 0.4) is 0 Å². The van der Waals surface area contributed by atoms with Gasteiger partial charge in [-0.25, -0.2) is 8.78 Å². The molecule has 0 atom stereocenters. The lowest BCUT2D eigenvalue weighted by molar-refractivity contribution is -0.190. The van der Waals surface area contributed by atoms with Gasteiger partial charge in [0.25, 0.3) is 0 Å². The van der Waals surface area contributed by atoms with Gasteiger partial charge in [0.05, 0.1) is 18.2 Å². The molecule has 0 aliphatic rings. The first-order valence-electron chi connectivity index (χ1n) is 4.63. The second-order valence-electron chi connectivity index (χ2n) is 3.26. The number of hydroxylamine groups is 1. The summed E-state index contributed by atoms with van der Waals surface area (Å²) in [6.07, 6.45) is -4.53. The van der Waals surface area contributed by atoms with Gasteiger partial charge in [0, 0.05) is 5.56 Å². The molecule has 0 unspecified atom stereocenters. The van der Waals surface area contributed by atoms with Crippen molar-refractivity contribution in [3.8, 4) is 6.07 Å². The summed E-state index contributed by atoms with van der Waals surface area (Å²) in [5.41, 5.74) is 1.07. The number of halogens is 5. The van der Waals surface area contributed by atoms with E-state index in [0.29, 0.717) is 0 Å². The van der Waals surface area contributed by atoms with Gasteiger partial charge in [-0.05, 0) is 12.1 Å². The van der Waals surface area contributed by atoms with Gasteiger partial charge in [-0.3, -0.25) is 4.84 Å². The Balaban J connectivity index is 2.61. The van der Waals surface area contributed by atoms with E-state index in [-0.39, 0.29) is 5.56 Å². The fourth-order valence-electron chi connectivity index (χ4n) is 1.09. The van der Waals surface area contributed by atoms with Gasteiger partial charge in [0.15, 0.2) is 6.61 Å². The lowest BCUT2D eigenvalue weighted by atomic mass is 10.1. The third-order valence-electron chi connectivity index (χ3n) is 1.86. The summed E-state index contributed by atoms with van der Waals surface area (Å²) < 4.78 is 61.6. The van der Waals surface area contributed by atoms with Gasteiger partial charge >= 0.3 is 6.18 Å². The number of nitrogens with zero attached hydrogens (tertiary/aromatic N) is 1. The van der Waals surface area contributed by atoms with Crippen molar-refractivity contribution >= 4 is 0 Å². The molecule has 0 fully saturated rings. The van der Waals surface area contributed by atoms with Crippen LogP contribution in [0, 0.1) is 23.0 Å². The van der Waals surface area contributed by atoms with Crippen LogP contribution in [-0.4, -0.2) is 12.8 Å². The van der Waals surface area contributed by atoms with Crippen LogP contribution in [-0.2, 0) is 11.4 Å². The number of rotatable bonds is 4. The Hall–Kier alpha value is -1.72. The first kappa shape index (κ1) is 14.3. The normalized spacial score (nSPS) is 11.3. The Bertz CT molecular complexity index is 443. The molecule has 0 radical (unpaired) electrons.